The molecule has 13 heavy (non-hydrogen) atoms. The summed E-state index contributed by atoms with van der Waals surface area (Å²) < 4.78 is 0. The first-order valence-corrected chi connectivity index (χ1v) is 4.79. The lowest BCUT2D eigenvalue weighted by Gasteiger charge is -2.23. The van der Waals surface area contributed by atoms with E-state index in [4.69, 9.17) is 5.11 Å². The number of aliphatic hydroxyl groups excluding tert-OH is 1. The Morgan fingerprint density at radius 3 is 3.00 bits per heavy atom. The number of rotatable bonds is 1. The minimum Gasteiger partial charge on any atom is -0.384 e. The quantitative estimate of drug-likeness (QED) is 0.577. The third kappa shape index (κ3) is 2.97. The molecule has 1 amide bonds. The topological polar surface area (TPSA) is 52.6 Å². The lowest BCUT2D eigenvalue weighted by atomic mass is 10.1. The molecule has 0 aromatic carbocycles. The van der Waals surface area contributed by atoms with Crippen LogP contribution in [0.3, 0.4) is 0 Å². The third-order valence-corrected chi connectivity index (χ3v) is 2.25. The van der Waals surface area contributed by atoms with Gasteiger partial charge in [-0.15, -0.1) is 0 Å². The van der Waals surface area contributed by atoms with Crippen molar-refractivity contribution in [2.75, 3.05) is 26.2 Å². The van der Waals surface area contributed by atoms with Crippen LogP contribution < -0.4 is 5.32 Å². The van der Waals surface area contributed by atoms with Gasteiger partial charge in [0.25, 0.3) is 5.91 Å². The summed E-state index contributed by atoms with van der Waals surface area (Å²) >= 11 is 0. The van der Waals surface area contributed by atoms with Gasteiger partial charge >= 0.3 is 0 Å². The molecule has 1 aliphatic rings. The minimum atomic E-state index is -0.870. The van der Waals surface area contributed by atoms with Gasteiger partial charge in [0.05, 0.1) is 0 Å². The van der Waals surface area contributed by atoms with Crippen molar-refractivity contribution in [1.29, 1.82) is 0 Å². The van der Waals surface area contributed by atoms with E-state index in [0.717, 1.165) is 19.6 Å². The van der Waals surface area contributed by atoms with Crippen LogP contribution in [0.15, 0.2) is 0 Å². The molecule has 1 saturated heterocycles. The van der Waals surface area contributed by atoms with Gasteiger partial charge in [-0.1, -0.05) is 6.92 Å². The second-order valence-corrected chi connectivity index (χ2v) is 3.77. The second-order valence-electron chi connectivity index (χ2n) is 3.77. The van der Waals surface area contributed by atoms with Crippen molar-refractivity contribution in [3.05, 3.63) is 0 Å². The van der Waals surface area contributed by atoms with Crippen LogP contribution in [-0.4, -0.2) is 48.2 Å². The van der Waals surface area contributed by atoms with Crippen LogP contribution in [0, 0.1) is 5.92 Å². The molecular formula is C9H18N2O2. The van der Waals surface area contributed by atoms with E-state index < -0.39 is 6.10 Å². The number of aliphatic hydroxyl groups is 1. The number of hydrogen-bond donors (Lipinski definition) is 2. The standard InChI is InChI=1S/C9H18N2O2/c1-7-5-10-3-4-11(6-7)9(13)8(2)12/h7-8,10,12H,3-6H2,1-2H3/t7?,8-/m0/s1. The van der Waals surface area contributed by atoms with Gasteiger partial charge < -0.3 is 15.3 Å². The van der Waals surface area contributed by atoms with Crippen molar-refractivity contribution in [3.8, 4) is 0 Å². The SMILES string of the molecule is CC1CNCCN(C(=O)[C@H](C)O)C1. The van der Waals surface area contributed by atoms with Gasteiger partial charge in [0, 0.05) is 19.6 Å². The van der Waals surface area contributed by atoms with E-state index in [0.29, 0.717) is 12.5 Å². The van der Waals surface area contributed by atoms with Gasteiger partial charge in [-0.2, -0.15) is 0 Å². The van der Waals surface area contributed by atoms with Crippen LogP contribution in [0.5, 0.6) is 0 Å². The molecule has 1 rings (SSSR count). The van der Waals surface area contributed by atoms with E-state index in [2.05, 4.69) is 12.2 Å². The van der Waals surface area contributed by atoms with Crippen molar-refractivity contribution >= 4 is 5.91 Å². The number of amides is 1. The number of nitrogens with zero attached hydrogens (tertiary/aromatic N) is 1. The fourth-order valence-corrected chi connectivity index (χ4v) is 1.56. The van der Waals surface area contributed by atoms with Gasteiger partial charge in [-0.25, -0.2) is 0 Å². The largest absolute Gasteiger partial charge is 0.384 e. The molecule has 76 valence electrons. The molecule has 0 aromatic heterocycles. The number of nitrogens with one attached hydrogen (secondary N) is 1. The monoisotopic (exact) mass is 186 g/mol. The van der Waals surface area contributed by atoms with E-state index in [1.54, 1.807) is 4.90 Å². The Bertz CT molecular complexity index is 182. The molecule has 0 bridgehead atoms. The maximum atomic E-state index is 11.4. The highest BCUT2D eigenvalue weighted by atomic mass is 16.3. The Hall–Kier alpha value is -0.610. The molecule has 4 heteroatoms. The van der Waals surface area contributed by atoms with Crippen molar-refractivity contribution < 1.29 is 9.90 Å². The summed E-state index contributed by atoms with van der Waals surface area (Å²) in [6, 6.07) is 0. The zero-order chi connectivity index (χ0) is 9.84. The van der Waals surface area contributed by atoms with Crippen LogP contribution >= 0.6 is 0 Å². The summed E-state index contributed by atoms with van der Waals surface area (Å²) in [5.41, 5.74) is 0. The summed E-state index contributed by atoms with van der Waals surface area (Å²) in [7, 11) is 0. The first-order chi connectivity index (χ1) is 6.11. The molecule has 1 unspecified atom stereocenters. The Balaban J connectivity index is 2.52. The molecule has 0 radical (unpaired) electrons. The summed E-state index contributed by atoms with van der Waals surface area (Å²) in [4.78, 5) is 13.2. The predicted molar refractivity (Wildman–Crippen MR) is 50.3 cm³/mol. The van der Waals surface area contributed by atoms with E-state index in [9.17, 15) is 4.79 Å². The van der Waals surface area contributed by atoms with Gasteiger partial charge in [0.1, 0.15) is 6.10 Å². The molecule has 0 aliphatic carbocycles. The van der Waals surface area contributed by atoms with Gasteiger partial charge in [-0.3, -0.25) is 4.79 Å². The maximum absolute atomic E-state index is 11.4. The predicted octanol–water partition coefficient (Wildman–Crippen LogP) is -0.565. The summed E-state index contributed by atoms with van der Waals surface area (Å²) in [5, 5.41) is 12.4. The Kier molecular flexibility index (Phi) is 3.69. The molecule has 2 N–H and O–H groups in total. The molecule has 2 atom stereocenters. The van der Waals surface area contributed by atoms with Crippen LogP contribution in [0.25, 0.3) is 0 Å². The van der Waals surface area contributed by atoms with Crippen molar-refractivity contribution in [3.63, 3.8) is 0 Å². The average molecular weight is 186 g/mol. The van der Waals surface area contributed by atoms with Gasteiger partial charge in [-0.05, 0) is 19.4 Å². The van der Waals surface area contributed by atoms with E-state index >= 15 is 0 Å². The summed E-state index contributed by atoms with van der Waals surface area (Å²) in [5.74, 6) is 0.306. The van der Waals surface area contributed by atoms with Crippen LogP contribution in [0.4, 0.5) is 0 Å². The number of carbonyl (C=O) groups is 1. The fourth-order valence-electron chi connectivity index (χ4n) is 1.56. The molecule has 1 heterocycles. The van der Waals surface area contributed by atoms with Crippen LogP contribution in [0.2, 0.25) is 0 Å². The molecular weight excluding hydrogens is 168 g/mol. The lowest BCUT2D eigenvalue weighted by Crippen LogP contribution is -2.40. The summed E-state index contributed by atoms with van der Waals surface area (Å²) in [6.45, 7) is 6.84. The van der Waals surface area contributed by atoms with Crippen molar-refractivity contribution in [1.82, 2.24) is 10.2 Å². The van der Waals surface area contributed by atoms with E-state index in [1.165, 1.54) is 6.92 Å². The number of carbonyl (C=O) groups excluding carboxylic acids is 1. The zero-order valence-corrected chi connectivity index (χ0v) is 8.29. The first kappa shape index (κ1) is 10.5. The minimum absolute atomic E-state index is 0.157. The van der Waals surface area contributed by atoms with Crippen LogP contribution in [-0.2, 0) is 4.79 Å². The Morgan fingerprint density at radius 2 is 2.38 bits per heavy atom. The van der Waals surface area contributed by atoms with E-state index in [-0.39, 0.29) is 5.91 Å². The zero-order valence-electron chi connectivity index (χ0n) is 8.29. The number of hydrogen-bond acceptors (Lipinski definition) is 3. The highest BCUT2D eigenvalue weighted by Gasteiger charge is 2.21. The molecule has 1 fully saturated rings. The van der Waals surface area contributed by atoms with Crippen molar-refractivity contribution in [2.45, 2.75) is 20.0 Å². The molecule has 1 aliphatic heterocycles. The molecule has 0 aromatic rings. The Labute approximate surface area is 78.9 Å². The van der Waals surface area contributed by atoms with Crippen LogP contribution in [0.1, 0.15) is 13.8 Å². The molecule has 4 nitrogen and oxygen atoms in total. The first-order valence-electron chi connectivity index (χ1n) is 4.79. The van der Waals surface area contributed by atoms with Gasteiger partial charge in [0.2, 0.25) is 0 Å². The second kappa shape index (κ2) is 4.58. The summed E-state index contributed by atoms with van der Waals surface area (Å²) in [6.07, 6.45) is -0.870. The average Bonchev–Trinajstić information content (AvgIpc) is 2.28. The molecule has 0 saturated carbocycles. The highest BCUT2D eigenvalue weighted by Crippen LogP contribution is 2.04. The normalized spacial score (nSPS) is 26.7. The fraction of sp³-hybridized carbons (Fsp3) is 0.889. The van der Waals surface area contributed by atoms with E-state index in [1.807, 2.05) is 0 Å². The highest BCUT2D eigenvalue weighted by molar-refractivity contribution is 5.80. The smallest absolute Gasteiger partial charge is 0.251 e. The van der Waals surface area contributed by atoms with Crippen molar-refractivity contribution in [2.24, 2.45) is 5.92 Å². The third-order valence-electron chi connectivity index (χ3n) is 2.25. The maximum Gasteiger partial charge on any atom is 0.251 e. The molecule has 0 spiro atoms. The lowest BCUT2D eigenvalue weighted by molar-refractivity contribution is -0.139. The van der Waals surface area contributed by atoms with Gasteiger partial charge in [0.15, 0.2) is 0 Å². The Morgan fingerprint density at radius 1 is 1.69 bits per heavy atom.